The largest absolute Gasteiger partial charge is 0.377 e. The molecule has 1 fully saturated rings. The summed E-state index contributed by atoms with van der Waals surface area (Å²) in [6, 6.07) is 3.92. The molecule has 4 N–H and O–H groups in total. The molecule has 7 nitrogen and oxygen atoms in total. The van der Waals surface area contributed by atoms with Gasteiger partial charge in [-0.1, -0.05) is 0 Å². The maximum Gasteiger partial charge on any atom is 0.314 e. The van der Waals surface area contributed by atoms with Gasteiger partial charge in [-0.15, -0.1) is 0 Å². The van der Waals surface area contributed by atoms with Gasteiger partial charge < -0.3 is 20.8 Å². The van der Waals surface area contributed by atoms with Gasteiger partial charge in [-0.2, -0.15) is 9.13 Å². The molecule has 120 valence electrons. The van der Waals surface area contributed by atoms with Crippen molar-refractivity contribution in [2.75, 3.05) is 18.4 Å². The van der Waals surface area contributed by atoms with Crippen molar-refractivity contribution < 1.29 is 14.8 Å². The molecule has 0 amide bonds. The summed E-state index contributed by atoms with van der Waals surface area (Å²) in [6.45, 7) is 3.50. The molecule has 2 atom stereocenters. The number of anilines is 1. The molecule has 2 unspecified atom stereocenters. The zero-order valence-electron chi connectivity index (χ0n) is 13.0. The van der Waals surface area contributed by atoms with Crippen molar-refractivity contribution in [3.8, 4) is 5.82 Å². The number of aliphatic hydroxyl groups excluding tert-OH is 1. The fourth-order valence-electron chi connectivity index (χ4n) is 4.24. The number of nitrogens with zero attached hydrogens (tertiary/aromatic N) is 3. The van der Waals surface area contributed by atoms with Crippen LogP contribution in [0.5, 0.6) is 0 Å². The van der Waals surface area contributed by atoms with E-state index >= 15 is 0 Å². The Labute approximate surface area is 133 Å². The van der Waals surface area contributed by atoms with Crippen LogP contribution in [0.2, 0.25) is 0 Å². The van der Waals surface area contributed by atoms with Gasteiger partial charge in [0.05, 0.1) is 12.4 Å². The third-order valence-electron chi connectivity index (χ3n) is 5.54. The van der Waals surface area contributed by atoms with E-state index in [1.807, 2.05) is 22.9 Å². The van der Waals surface area contributed by atoms with Crippen LogP contribution in [0, 0.1) is 0 Å². The molecule has 1 spiro atoms. The third kappa shape index (κ3) is 1.50. The lowest BCUT2D eigenvalue weighted by Gasteiger charge is -2.42. The van der Waals surface area contributed by atoms with Gasteiger partial charge in [0.2, 0.25) is 17.7 Å². The molecule has 0 aromatic carbocycles. The first-order valence-corrected chi connectivity index (χ1v) is 8.08. The van der Waals surface area contributed by atoms with E-state index in [-0.39, 0.29) is 5.54 Å². The highest BCUT2D eigenvalue weighted by molar-refractivity contribution is 5.62. The van der Waals surface area contributed by atoms with Gasteiger partial charge in [-0.3, -0.25) is 0 Å². The SMILES string of the molecule is CC1(O)C(O)c2ncc3n2-c2c(ccc[n+]21)NC31CCNCC1. The lowest BCUT2D eigenvalue weighted by Crippen LogP contribution is -2.64. The summed E-state index contributed by atoms with van der Waals surface area (Å²) in [4.78, 5) is 4.47. The Balaban J connectivity index is 1.84. The molecular formula is C16H20N5O2+. The number of fused-ring (bicyclic) bond motifs is 1. The predicted molar refractivity (Wildman–Crippen MR) is 82.0 cm³/mol. The summed E-state index contributed by atoms with van der Waals surface area (Å²) in [7, 11) is 0. The third-order valence-corrected chi connectivity index (χ3v) is 5.54. The van der Waals surface area contributed by atoms with E-state index in [4.69, 9.17) is 0 Å². The lowest BCUT2D eigenvalue weighted by molar-refractivity contribution is -0.812. The molecule has 3 aliphatic rings. The number of hydrogen-bond donors (Lipinski definition) is 4. The first-order chi connectivity index (χ1) is 11.0. The number of hydrogen-bond acceptors (Lipinski definition) is 5. The van der Waals surface area contributed by atoms with Gasteiger partial charge in [0.15, 0.2) is 5.69 Å². The molecule has 2 aromatic rings. The molecule has 1 saturated heterocycles. The van der Waals surface area contributed by atoms with Crippen LogP contribution >= 0.6 is 0 Å². The van der Waals surface area contributed by atoms with Crippen molar-refractivity contribution in [3.63, 3.8) is 0 Å². The van der Waals surface area contributed by atoms with Crippen LogP contribution in [0.15, 0.2) is 24.5 Å². The number of pyridine rings is 1. The molecule has 5 heterocycles. The topological polar surface area (TPSA) is 86.2 Å². The summed E-state index contributed by atoms with van der Waals surface area (Å²) < 4.78 is 3.76. The average Bonchev–Trinajstić information content (AvgIpc) is 3.00. The second-order valence-corrected chi connectivity index (χ2v) is 6.91. The molecule has 3 aliphatic heterocycles. The highest BCUT2D eigenvalue weighted by Gasteiger charge is 2.55. The average molecular weight is 314 g/mol. The van der Waals surface area contributed by atoms with Gasteiger partial charge in [-0.05, 0) is 38.1 Å². The molecule has 2 aromatic heterocycles. The zero-order valence-corrected chi connectivity index (χ0v) is 13.0. The Bertz CT molecular complexity index is 807. The Kier molecular flexibility index (Phi) is 2.41. The number of rotatable bonds is 0. The first-order valence-electron chi connectivity index (χ1n) is 8.08. The zero-order chi connectivity index (χ0) is 15.8. The van der Waals surface area contributed by atoms with Crippen molar-refractivity contribution in [1.82, 2.24) is 14.9 Å². The monoisotopic (exact) mass is 314 g/mol. The van der Waals surface area contributed by atoms with E-state index in [0.717, 1.165) is 43.1 Å². The molecule has 0 aliphatic carbocycles. The molecule has 0 bridgehead atoms. The number of aliphatic hydroxyl groups is 2. The highest BCUT2D eigenvalue weighted by atomic mass is 16.4. The minimum atomic E-state index is -1.43. The van der Waals surface area contributed by atoms with Crippen molar-refractivity contribution in [2.24, 2.45) is 0 Å². The van der Waals surface area contributed by atoms with Crippen LogP contribution in [0.4, 0.5) is 5.69 Å². The predicted octanol–water partition coefficient (Wildman–Crippen LogP) is -0.124. The van der Waals surface area contributed by atoms with Crippen LogP contribution in [0.3, 0.4) is 0 Å². The van der Waals surface area contributed by atoms with Crippen molar-refractivity contribution in [2.45, 2.75) is 37.1 Å². The number of piperidine rings is 1. The molecule has 0 saturated carbocycles. The smallest absolute Gasteiger partial charge is 0.314 e. The normalized spacial score (nSPS) is 30.0. The maximum atomic E-state index is 10.8. The quantitative estimate of drug-likeness (QED) is 0.509. The van der Waals surface area contributed by atoms with Gasteiger partial charge >= 0.3 is 5.82 Å². The molecule has 0 radical (unpaired) electrons. The Morgan fingerprint density at radius 2 is 2.17 bits per heavy atom. The minimum absolute atomic E-state index is 0.175. The molecule has 23 heavy (non-hydrogen) atoms. The van der Waals surface area contributed by atoms with E-state index in [2.05, 4.69) is 15.6 Å². The lowest BCUT2D eigenvalue weighted by atomic mass is 9.83. The summed E-state index contributed by atoms with van der Waals surface area (Å²) >= 11 is 0. The summed E-state index contributed by atoms with van der Waals surface area (Å²) in [6.07, 6.45) is 4.49. The van der Waals surface area contributed by atoms with Crippen LogP contribution < -0.4 is 15.2 Å². The summed E-state index contributed by atoms with van der Waals surface area (Å²) in [5.41, 5.74) is 0.430. The number of nitrogens with one attached hydrogen (secondary N) is 2. The van der Waals surface area contributed by atoms with Gasteiger partial charge in [0, 0.05) is 6.92 Å². The summed E-state index contributed by atoms with van der Waals surface area (Å²) in [5, 5.41) is 28.6. The van der Waals surface area contributed by atoms with E-state index < -0.39 is 11.8 Å². The van der Waals surface area contributed by atoms with Crippen LogP contribution in [-0.2, 0) is 11.3 Å². The van der Waals surface area contributed by atoms with Gasteiger partial charge in [0.1, 0.15) is 11.2 Å². The minimum Gasteiger partial charge on any atom is -0.377 e. The first kappa shape index (κ1) is 13.5. The van der Waals surface area contributed by atoms with Crippen molar-refractivity contribution in [3.05, 3.63) is 36.0 Å². The Hall–Kier alpha value is -1.96. The van der Waals surface area contributed by atoms with E-state index in [9.17, 15) is 10.2 Å². The van der Waals surface area contributed by atoms with E-state index in [1.165, 1.54) is 0 Å². The molecule has 7 heteroatoms. The molecular weight excluding hydrogens is 294 g/mol. The maximum absolute atomic E-state index is 10.8. The standard InChI is InChI=1S/C16H20N5O2/c1-15(23)12(22)13-18-9-11-16(4-6-17-7-5-16)19-10-3-2-8-20(15)14(10)21(11)13/h2-3,8-9,12,17,19,22-23H,4-7H2,1H3/q+1. The Morgan fingerprint density at radius 1 is 1.39 bits per heavy atom. The fraction of sp³-hybridized carbons (Fsp3) is 0.500. The molecule has 5 rings (SSSR count). The van der Waals surface area contributed by atoms with E-state index in [0.29, 0.717) is 5.82 Å². The van der Waals surface area contributed by atoms with Crippen LogP contribution in [-0.4, -0.2) is 32.9 Å². The van der Waals surface area contributed by atoms with Crippen LogP contribution in [0.1, 0.15) is 37.4 Å². The highest BCUT2D eigenvalue weighted by Crippen LogP contribution is 2.45. The fourth-order valence-corrected chi connectivity index (χ4v) is 4.24. The Morgan fingerprint density at radius 3 is 2.96 bits per heavy atom. The van der Waals surface area contributed by atoms with Crippen molar-refractivity contribution >= 4 is 5.69 Å². The van der Waals surface area contributed by atoms with E-state index in [1.54, 1.807) is 17.7 Å². The second kappa shape index (κ2) is 4.11. The van der Waals surface area contributed by atoms with Crippen molar-refractivity contribution in [1.29, 1.82) is 0 Å². The van der Waals surface area contributed by atoms with Gasteiger partial charge in [0.25, 0.3) is 0 Å². The summed E-state index contributed by atoms with van der Waals surface area (Å²) in [5.74, 6) is 1.35. The van der Waals surface area contributed by atoms with Gasteiger partial charge in [-0.25, -0.2) is 4.98 Å². The number of aromatic nitrogens is 3. The second-order valence-electron chi connectivity index (χ2n) is 6.91. The number of imidazole rings is 1. The van der Waals surface area contributed by atoms with Crippen LogP contribution in [0.25, 0.3) is 5.82 Å².